The van der Waals surface area contributed by atoms with E-state index in [1.807, 2.05) is 48.5 Å². The lowest BCUT2D eigenvalue weighted by atomic mass is 10.1. The Morgan fingerprint density at radius 2 is 1.70 bits per heavy atom. The van der Waals surface area contributed by atoms with E-state index in [0.717, 1.165) is 16.8 Å². The molecule has 142 valence electrons. The van der Waals surface area contributed by atoms with E-state index in [9.17, 15) is 4.79 Å². The number of aromatic nitrogens is 1. The lowest BCUT2D eigenvalue weighted by molar-refractivity contribution is -0.136. The third-order valence-corrected chi connectivity index (χ3v) is 3.84. The molecule has 0 saturated heterocycles. The van der Waals surface area contributed by atoms with Gasteiger partial charge in [0, 0.05) is 11.1 Å². The van der Waals surface area contributed by atoms with Gasteiger partial charge in [-0.05, 0) is 25.1 Å². The number of carbonyl (C=O) groups is 1. The highest BCUT2D eigenvalue weighted by Gasteiger charge is 2.15. The van der Waals surface area contributed by atoms with Gasteiger partial charge in [0.15, 0.2) is 23.7 Å². The molecule has 0 spiro atoms. The summed E-state index contributed by atoms with van der Waals surface area (Å²) in [7, 11) is 3.22. The van der Waals surface area contributed by atoms with Gasteiger partial charge < -0.3 is 19.0 Å². The maximum atomic E-state index is 9.62. The lowest BCUT2D eigenvalue weighted by Crippen LogP contribution is -2.06. The van der Waals surface area contributed by atoms with Crippen molar-refractivity contribution in [1.82, 2.24) is 4.98 Å². The van der Waals surface area contributed by atoms with E-state index in [4.69, 9.17) is 19.0 Å². The van der Waals surface area contributed by atoms with E-state index in [-0.39, 0.29) is 0 Å². The van der Waals surface area contributed by atoms with Crippen LogP contribution < -0.4 is 9.47 Å². The Morgan fingerprint density at radius 3 is 2.26 bits per heavy atom. The van der Waals surface area contributed by atoms with Gasteiger partial charge in [-0.15, -0.1) is 0 Å². The molecule has 0 aliphatic carbocycles. The molecule has 0 amide bonds. The summed E-state index contributed by atoms with van der Waals surface area (Å²) in [6.07, 6.45) is 1.45. The van der Waals surface area contributed by atoms with E-state index in [1.54, 1.807) is 14.2 Å². The summed E-state index contributed by atoms with van der Waals surface area (Å²) in [5, 5.41) is 7.38. The highest BCUT2D eigenvalue weighted by Crippen LogP contribution is 2.36. The van der Waals surface area contributed by atoms with Crippen LogP contribution in [0.5, 0.6) is 11.5 Å². The van der Waals surface area contributed by atoms with Crippen LogP contribution in [0.2, 0.25) is 0 Å². The molecule has 6 nitrogen and oxygen atoms in total. The SMILES string of the molecule is CC(S)C(=O)O.COc1ccc(-c2ocnc2-c2ccccc2)cc1OC. The van der Waals surface area contributed by atoms with Gasteiger partial charge in [-0.2, -0.15) is 12.6 Å². The Morgan fingerprint density at radius 1 is 1.07 bits per heavy atom. The number of hydrogen-bond acceptors (Lipinski definition) is 6. The molecule has 0 fully saturated rings. The highest BCUT2D eigenvalue weighted by atomic mass is 32.1. The first-order chi connectivity index (χ1) is 13.0. The number of benzene rings is 2. The molecule has 2 aromatic carbocycles. The summed E-state index contributed by atoms with van der Waals surface area (Å²) in [5.74, 6) is 1.17. The van der Waals surface area contributed by atoms with E-state index in [2.05, 4.69) is 17.6 Å². The Labute approximate surface area is 163 Å². The van der Waals surface area contributed by atoms with Crippen molar-refractivity contribution in [2.45, 2.75) is 12.2 Å². The van der Waals surface area contributed by atoms with Gasteiger partial charge in [-0.1, -0.05) is 30.3 Å². The third-order valence-electron chi connectivity index (χ3n) is 3.62. The smallest absolute Gasteiger partial charge is 0.316 e. The van der Waals surface area contributed by atoms with Gasteiger partial charge in [-0.25, -0.2) is 4.98 Å². The second kappa shape index (κ2) is 9.68. The van der Waals surface area contributed by atoms with Crippen LogP contribution in [0.4, 0.5) is 0 Å². The minimum atomic E-state index is -0.877. The summed E-state index contributed by atoms with van der Waals surface area (Å²) in [5.41, 5.74) is 2.71. The van der Waals surface area contributed by atoms with Gasteiger partial charge >= 0.3 is 5.97 Å². The van der Waals surface area contributed by atoms with Crippen LogP contribution in [0.25, 0.3) is 22.6 Å². The van der Waals surface area contributed by atoms with Crippen LogP contribution in [0.1, 0.15) is 6.92 Å². The summed E-state index contributed by atoms with van der Waals surface area (Å²) >= 11 is 3.59. The zero-order valence-electron chi connectivity index (χ0n) is 15.2. The first kappa shape index (κ1) is 20.4. The zero-order valence-corrected chi connectivity index (χ0v) is 16.1. The average Bonchev–Trinajstić information content (AvgIpc) is 3.18. The summed E-state index contributed by atoms with van der Waals surface area (Å²) in [6, 6.07) is 15.6. The van der Waals surface area contributed by atoms with Crippen molar-refractivity contribution in [3.63, 3.8) is 0 Å². The summed E-state index contributed by atoms with van der Waals surface area (Å²) in [6.45, 7) is 1.51. The number of hydrogen-bond donors (Lipinski definition) is 2. The van der Waals surface area contributed by atoms with Crippen LogP contribution in [0, 0.1) is 0 Å². The molecule has 27 heavy (non-hydrogen) atoms. The minimum absolute atomic E-state index is 0.537. The zero-order chi connectivity index (χ0) is 19.8. The number of aliphatic carboxylic acids is 1. The van der Waals surface area contributed by atoms with Crippen molar-refractivity contribution >= 4 is 18.6 Å². The molecule has 1 N–H and O–H groups in total. The number of methoxy groups -OCH3 is 2. The Kier molecular flexibility index (Phi) is 7.31. The molecule has 0 bridgehead atoms. The fourth-order valence-corrected chi connectivity index (χ4v) is 2.23. The number of carboxylic acids is 1. The van der Waals surface area contributed by atoms with Gasteiger partial charge in [0.25, 0.3) is 0 Å². The number of carboxylic acid groups (broad SMARTS) is 1. The molecule has 1 aromatic heterocycles. The van der Waals surface area contributed by atoms with Gasteiger partial charge in [0.1, 0.15) is 5.69 Å². The number of ether oxygens (including phenoxy) is 2. The van der Waals surface area contributed by atoms with E-state index in [1.165, 1.54) is 13.3 Å². The molecule has 1 unspecified atom stereocenters. The normalized spacial score (nSPS) is 11.1. The predicted octanol–water partition coefficient (Wildman–Crippen LogP) is 4.42. The van der Waals surface area contributed by atoms with Crippen LogP contribution in [-0.4, -0.2) is 35.5 Å². The number of oxazole rings is 1. The van der Waals surface area contributed by atoms with Gasteiger partial charge in [-0.3, -0.25) is 4.79 Å². The molecule has 0 aliphatic rings. The van der Waals surface area contributed by atoms with E-state index >= 15 is 0 Å². The Bertz CT molecular complexity index is 877. The van der Waals surface area contributed by atoms with Crippen molar-refractivity contribution in [3.8, 4) is 34.1 Å². The molecule has 0 radical (unpaired) electrons. The van der Waals surface area contributed by atoms with Crippen LogP contribution >= 0.6 is 12.6 Å². The Hall–Kier alpha value is -2.93. The third kappa shape index (κ3) is 5.27. The van der Waals surface area contributed by atoms with Crippen molar-refractivity contribution in [1.29, 1.82) is 0 Å². The Balaban J connectivity index is 0.000000380. The van der Waals surface area contributed by atoms with Crippen LogP contribution in [0.3, 0.4) is 0 Å². The van der Waals surface area contributed by atoms with Crippen molar-refractivity contribution in [3.05, 3.63) is 54.9 Å². The largest absolute Gasteiger partial charge is 0.493 e. The minimum Gasteiger partial charge on any atom is -0.493 e. The van der Waals surface area contributed by atoms with Crippen LogP contribution in [-0.2, 0) is 4.79 Å². The fourth-order valence-electron chi connectivity index (χ4n) is 2.23. The topological polar surface area (TPSA) is 81.8 Å². The molecule has 0 saturated carbocycles. The molecule has 1 heterocycles. The standard InChI is InChI=1S/C17H15NO3.C3H6O2S/c1-19-14-9-8-13(10-15(14)20-2)17-16(18-11-21-17)12-6-4-3-5-7-12;1-2(6)3(4)5/h3-11H,1-2H3;2,6H,1H3,(H,4,5). The van der Waals surface area contributed by atoms with Crippen molar-refractivity contribution in [2.24, 2.45) is 0 Å². The number of rotatable bonds is 5. The second-order valence-electron chi connectivity index (χ2n) is 5.48. The molecule has 0 aliphatic heterocycles. The second-order valence-corrected chi connectivity index (χ2v) is 6.25. The number of nitrogens with zero attached hydrogens (tertiary/aromatic N) is 1. The maximum Gasteiger partial charge on any atom is 0.316 e. The van der Waals surface area contributed by atoms with Gasteiger partial charge in [0.05, 0.1) is 19.5 Å². The molecule has 3 aromatic rings. The molecule has 7 heteroatoms. The van der Waals surface area contributed by atoms with E-state index < -0.39 is 11.2 Å². The highest BCUT2D eigenvalue weighted by molar-refractivity contribution is 7.81. The lowest BCUT2D eigenvalue weighted by Gasteiger charge is -2.09. The fraction of sp³-hybridized carbons (Fsp3) is 0.200. The monoisotopic (exact) mass is 387 g/mol. The summed E-state index contributed by atoms with van der Waals surface area (Å²) in [4.78, 5) is 13.9. The maximum absolute atomic E-state index is 9.62. The van der Waals surface area contributed by atoms with Gasteiger partial charge in [0.2, 0.25) is 0 Å². The van der Waals surface area contributed by atoms with Crippen LogP contribution in [0.15, 0.2) is 59.3 Å². The first-order valence-electron chi connectivity index (χ1n) is 8.10. The molecule has 1 atom stereocenters. The number of thiol groups is 1. The first-order valence-corrected chi connectivity index (χ1v) is 8.61. The van der Waals surface area contributed by atoms with Crippen molar-refractivity contribution < 1.29 is 23.8 Å². The molecule has 3 rings (SSSR count). The quantitative estimate of drug-likeness (QED) is 0.631. The van der Waals surface area contributed by atoms with Crippen molar-refractivity contribution in [2.75, 3.05) is 14.2 Å². The average molecular weight is 387 g/mol. The molecular weight excluding hydrogens is 366 g/mol. The molecular formula is C20H21NO5S. The summed E-state index contributed by atoms with van der Waals surface area (Å²) < 4.78 is 16.2. The van der Waals surface area contributed by atoms with E-state index in [0.29, 0.717) is 17.3 Å². The predicted molar refractivity (Wildman–Crippen MR) is 107 cm³/mol.